The van der Waals surface area contributed by atoms with Gasteiger partial charge in [-0.25, -0.2) is 4.79 Å². The molecule has 1 atom stereocenters. The lowest BCUT2D eigenvalue weighted by molar-refractivity contribution is -0.113. The summed E-state index contributed by atoms with van der Waals surface area (Å²) in [5, 5.41) is 12.1. The first kappa shape index (κ1) is 17.1. The molecule has 0 spiro atoms. The minimum Gasteiger partial charge on any atom is -0.478 e. The van der Waals surface area contributed by atoms with Gasteiger partial charge in [0.05, 0.1) is 11.3 Å². The molecule has 1 amide bonds. The van der Waals surface area contributed by atoms with Crippen LogP contribution in [0.1, 0.15) is 33.7 Å². The highest BCUT2D eigenvalue weighted by molar-refractivity contribution is 8.00. The summed E-state index contributed by atoms with van der Waals surface area (Å²) >= 11 is 1.54. The minimum absolute atomic E-state index is 0.141. The number of nitrogens with one attached hydrogen (secondary N) is 1. The molecule has 23 heavy (non-hydrogen) atoms. The molecule has 0 aliphatic rings. The number of carbonyl (C=O) groups excluding carboxylic acids is 1. The van der Waals surface area contributed by atoms with Crippen molar-refractivity contribution in [2.75, 3.05) is 11.1 Å². The Morgan fingerprint density at radius 1 is 1.17 bits per heavy atom. The molecule has 5 heteroatoms. The van der Waals surface area contributed by atoms with Crippen LogP contribution in [0.5, 0.6) is 0 Å². The number of hydrogen-bond acceptors (Lipinski definition) is 3. The molecule has 2 aromatic carbocycles. The van der Waals surface area contributed by atoms with Gasteiger partial charge in [-0.1, -0.05) is 36.4 Å². The molecule has 0 heterocycles. The summed E-state index contributed by atoms with van der Waals surface area (Å²) in [6.45, 7) is 3.79. The van der Waals surface area contributed by atoms with Gasteiger partial charge in [-0.05, 0) is 37.1 Å². The third-order valence-corrected chi connectivity index (χ3v) is 4.69. The van der Waals surface area contributed by atoms with Crippen LogP contribution >= 0.6 is 11.8 Å². The van der Waals surface area contributed by atoms with Crippen LogP contribution in [0, 0.1) is 6.92 Å². The van der Waals surface area contributed by atoms with Crippen molar-refractivity contribution in [3.05, 3.63) is 65.2 Å². The van der Waals surface area contributed by atoms with E-state index in [0.29, 0.717) is 17.0 Å². The van der Waals surface area contributed by atoms with Gasteiger partial charge in [-0.3, -0.25) is 4.79 Å². The molecular formula is C18H19NO3S. The molecule has 120 valence electrons. The number of aryl methyl sites for hydroxylation is 1. The van der Waals surface area contributed by atoms with Gasteiger partial charge in [0.15, 0.2) is 0 Å². The maximum Gasteiger partial charge on any atom is 0.336 e. The van der Waals surface area contributed by atoms with Crippen molar-refractivity contribution >= 4 is 29.3 Å². The lowest BCUT2D eigenvalue weighted by atomic mass is 10.1. The highest BCUT2D eigenvalue weighted by Gasteiger charge is 2.11. The van der Waals surface area contributed by atoms with E-state index in [0.717, 1.165) is 0 Å². The van der Waals surface area contributed by atoms with E-state index in [1.54, 1.807) is 30.8 Å². The first-order chi connectivity index (χ1) is 11.0. The lowest BCUT2D eigenvalue weighted by Gasteiger charge is -2.12. The van der Waals surface area contributed by atoms with Crippen LogP contribution in [0.4, 0.5) is 5.69 Å². The fourth-order valence-corrected chi connectivity index (χ4v) is 2.97. The summed E-state index contributed by atoms with van der Waals surface area (Å²) in [4.78, 5) is 23.1. The Bertz CT molecular complexity index is 701. The number of carbonyl (C=O) groups is 2. The highest BCUT2D eigenvalue weighted by Crippen LogP contribution is 2.27. The van der Waals surface area contributed by atoms with E-state index in [4.69, 9.17) is 5.11 Å². The largest absolute Gasteiger partial charge is 0.478 e. The number of aromatic carboxylic acids is 1. The maximum absolute atomic E-state index is 12.0. The van der Waals surface area contributed by atoms with Crippen molar-refractivity contribution in [3.8, 4) is 0 Å². The van der Waals surface area contributed by atoms with Gasteiger partial charge < -0.3 is 10.4 Å². The van der Waals surface area contributed by atoms with Gasteiger partial charge in [-0.15, -0.1) is 11.8 Å². The van der Waals surface area contributed by atoms with Crippen molar-refractivity contribution in [1.82, 2.24) is 0 Å². The number of carboxylic acid groups (broad SMARTS) is 1. The first-order valence-corrected chi connectivity index (χ1v) is 8.32. The number of rotatable bonds is 6. The Morgan fingerprint density at radius 3 is 2.52 bits per heavy atom. The molecule has 0 radical (unpaired) electrons. The van der Waals surface area contributed by atoms with Gasteiger partial charge in [0.1, 0.15) is 0 Å². The molecule has 0 saturated heterocycles. The summed E-state index contributed by atoms with van der Waals surface area (Å²) in [6.07, 6.45) is 0. The zero-order valence-corrected chi connectivity index (χ0v) is 13.9. The van der Waals surface area contributed by atoms with E-state index >= 15 is 0 Å². The molecule has 0 fully saturated rings. The average molecular weight is 329 g/mol. The fraction of sp³-hybridized carbons (Fsp3) is 0.222. The van der Waals surface area contributed by atoms with Crippen LogP contribution in [-0.2, 0) is 4.79 Å². The second kappa shape index (κ2) is 7.83. The summed E-state index contributed by atoms with van der Waals surface area (Å²) < 4.78 is 0. The van der Waals surface area contributed by atoms with Gasteiger partial charge in [0, 0.05) is 10.9 Å². The molecule has 0 aliphatic carbocycles. The van der Waals surface area contributed by atoms with Crippen LogP contribution in [0.2, 0.25) is 0 Å². The van der Waals surface area contributed by atoms with E-state index in [9.17, 15) is 9.59 Å². The van der Waals surface area contributed by atoms with Gasteiger partial charge in [0.25, 0.3) is 0 Å². The molecular weight excluding hydrogens is 310 g/mol. The number of anilines is 1. The van der Waals surface area contributed by atoms with Crippen molar-refractivity contribution in [3.63, 3.8) is 0 Å². The second-order valence-corrected chi connectivity index (χ2v) is 6.58. The number of hydrogen-bond donors (Lipinski definition) is 2. The minimum atomic E-state index is -0.995. The van der Waals surface area contributed by atoms with E-state index in [-0.39, 0.29) is 16.7 Å². The number of benzene rings is 2. The van der Waals surface area contributed by atoms with Crippen LogP contribution < -0.4 is 5.32 Å². The molecule has 4 nitrogen and oxygen atoms in total. The predicted octanol–water partition coefficient (Wildman–Crippen LogP) is 4.13. The molecule has 2 rings (SSSR count). The topological polar surface area (TPSA) is 66.4 Å². The molecule has 2 N–H and O–H groups in total. The van der Waals surface area contributed by atoms with Crippen molar-refractivity contribution < 1.29 is 14.7 Å². The Kier molecular flexibility index (Phi) is 5.82. The van der Waals surface area contributed by atoms with Gasteiger partial charge >= 0.3 is 5.97 Å². The maximum atomic E-state index is 12.0. The highest BCUT2D eigenvalue weighted by atomic mass is 32.2. The first-order valence-electron chi connectivity index (χ1n) is 7.27. The Balaban J connectivity index is 1.92. The van der Waals surface area contributed by atoms with Crippen LogP contribution in [0.15, 0.2) is 48.5 Å². The molecule has 0 aromatic heterocycles. The van der Waals surface area contributed by atoms with Crippen molar-refractivity contribution in [1.29, 1.82) is 0 Å². The number of thioether (sulfide) groups is 1. The monoisotopic (exact) mass is 329 g/mol. The molecule has 0 aliphatic heterocycles. The Labute approximate surface area is 139 Å². The normalized spacial score (nSPS) is 11.7. The summed E-state index contributed by atoms with van der Waals surface area (Å²) in [7, 11) is 0. The summed E-state index contributed by atoms with van der Waals surface area (Å²) in [5.41, 5.74) is 2.55. The average Bonchev–Trinajstić information content (AvgIpc) is 2.55. The summed E-state index contributed by atoms with van der Waals surface area (Å²) in [6, 6.07) is 14.9. The molecule has 2 aromatic rings. The van der Waals surface area contributed by atoms with E-state index in [1.165, 1.54) is 11.6 Å². The third-order valence-electron chi connectivity index (χ3n) is 3.49. The smallest absolute Gasteiger partial charge is 0.336 e. The fourth-order valence-electron chi connectivity index (χ4n) is 2.15. The van der Waals surface area contributed by atoms with Crippen LogP contribution in [0.3, 0.4) is 0 Å². The summed E-state index contributed by atoms with van der Waals surface area (Å²) in [5.74, 6) is -0.824. The van der Waals surface area contributed by atoms with Gasteiger partial charge in [-0.2, -0.15) is 0 Å². The van der Waals surface area contributed by atoms with Gasteiger partial charge in [0.2, 0.25) is 5.91 Å². The lowest BCUT2D eigenvalue weighted by Crippen LogP contribution is -2.15. The SMILES string of the molecule is Cc1ccc(NC(=O)CSC(C)c2ccccc2)cc1C(=O)O. The second-order valence-electron chi connectivity index (χ2n) is 5.25. The van der Waals surface area contributed by atoms with E-state index < -0.39 is 5.97 Å². The van der Waals surface area contributed by atoms with Crippen molar-refractivity contribution in [2.45, 2.75) is 19.1 Å². The quantitative estimate of drug-likeness (QED) is 0.836. The molecule has 0 bridgehead atoms. The molecule has 0 saturated carbocycles. The van der Waals surface area contributed by atoms with E-state index in [1.807, 2.05) is 30.3 Å². The van der Waals surface area contributed by atoms with Crippen LogP contribution in [-0.4, -0.2) is 22.7 Å². The number of carboxylic acids is 1. The Hall–Kier alpha value is -2.27. The molecule has 1 unspecified atom stereocenters. The number of amides is 1. The standard InChI is InChI=1S/C18H19NO3S/c1-12-8-9-15(10-16(12)18(21)22)19-17(20)11-23-13(2)14-6-4-3-5-7-14/h3-10,13H,11H2,1-2H3,(H,19,20)(H,21,22). The van der Waals surface area contributed by atoms with Crippen molar-refractivity contribution in [2.24, 2.45) is 0 Å². The zero-order chi connectivity index (χ0) is 16.8. The van der Waals surface area contributed by atoms with Crippen LogP contribution in [0.25, 0.3) is 0 Å². The third kappa shape index (κ3) is 4.86. The predicted molar refractivity (Wildman–Crippen MR) is 94.1 cm³/mol. The van der Waals surface area contributed by atoms with E-state index in [2.05, 4.69) is 12.2 Å². The zero-order valence-electron chi connectivity index (χ0n) is 13.1. The Morgan fingerprint density at radius 2 is 1.87 bits per heavy atom.